The molecule has 1 aliphatic rings. The van der Waals surface area contributed by atoms with E-state index >= 15 is 0 Å². The van der Waals surface area contributed by atoms with E-state index in [9.17, 15) is 4.79 Å². The molecule has 4 nitrogen and oxygen atoms in total. The number of rotatable bonds is 3. The summed E-state index contributed by atoms with van der Waals surface area (Å²) in [5.74, 6) is 0.350. The van der Waals surface area contributed by atoms with Crippen LogP contribution in [0.5, 0.6) is 0 Å². The smallest absolute Gasteiger partial charge is 1.00 e. The number of imidazole rings is 1. The number of halogens is 1. The van der Waals surface area contributed by atoms with E-state index in [0.717, 1.165) is 18.5 Å². The van der Waals surface area contributed by atoms with Gasteiger partial charge in [-0.2, -0.15) is 0 Å². The lowest BCUT2D eigenvalue weighted by molar-refractivity contribution is -0.141. The van der Waals surface area contributed by atoms with Gasteiger partial charge < -0.3 is 21.7 Å². The predicted octanol–water partition coefficient (Wildman–Crippen LogP) is -1.72. The van der Waals surface area contributed by atoms with Crippen molar-refractivity contribution in [3.05, 3.63) is 18.2 Å². The molecule has 1 aliphatic heterocycles. The summed E-state index contributed by atoms with van der Waals surface area (Å²) < 4.78 is 7.08. The van der Waals surface area contributed by atoms with Crippen LogP contribution in [0.1, 0.15) is 20.5 Å². The largest absolute Gasteiger partial charge is 1.00 e. The molecule has 0 bridgehead atoms. The van der Waals surface area contributed by atoms with E-state index in [1.807, 2.05) is 24.7 Å². The van der Waals surface area contributed by atoms with Gasteiger partial charge in [0, 0.05) is 24.9 Å². The van der Waals surface area contributed by atoms with E-state index in [4.69, 9.17) is 4.74 Å². The van der Waals surface area contributed by atoms with Gasteiger partial charge in [0.1, 0.15) is 0 Å². The lowest BCUT2D eigenvalue weighted by atomic mass is 9.89. The number of aromatic nitrogens is 2. The monoisotopic (exact) mass is 244 g/mol. The van der Waals surface area contributed by atoms with Crippen LogP contribution in [0.2, 0.25) is 0 Å². The third-order valence-electron chi connectivity index (χ3n) is 3.14. The first-order chi connectivity index (χ1) is 7.22. The molecule has 16 heavy (non-hydrogen) atoms. The van der Waals surface area contributed by atoms with Crippen molar-refractivity contribution in [1.29, 1.82) is 0 Å². The number of nitrogens with zero attached hydrogens (tertiary/aromatic N) is 2. The Morgan fingerprint density at radius 2 is 2.44 bits per heavy atom. The first-order valence-electron chi connectivity index (χ1n) is 5.34. The average Bonchev–Trinajstić information content (AvgIpc) is 2.76. The zero-order valence-corrected chi connectivity index (χ0v) is 10.3. The molecule has 0 aliphatic carbocycles. The Balaban J connectivity index is 0.00000128. The van der Waals surface area contributed by atoms with Crippen LogP contribution >= 0.6 is 0 Å². The standard InChI is InChI=1S/C11H16N2O2.ClH/c1-3-10-8(6-15-11(10)14)4-9-5-12-7-13(9)2;/h5,7-8,10H,3-4,6H2,1-2H3;1H. The molecule has 90 valence electrons. The normalized spacial score (nSPS) is 24.0. The number of esters is 1. The summed E-state index contributed by atoms with van der Waals surface area (Å²) in [7, 11) is 1.97. The number of hydrogen-bond donors (Lipinski definition) is 0. The molecular formula is C11H17ClN2O2. The molecule has 0 radical (unpaired) electrons. The fourth-order valence-corrected chi connectivity index (χ4v) is 2.16. The van der Waals surface area contributed by atoms with Crippen LogP contribution in [0.3, 0.4) is 0 Å². The lowest BCUT2D eigenvalue weighted by Gasteiger charge is -2.12. The minimum Gasteiger partial charge on any atom is -1.00 e. The number of ether oxygens (including phenoxy) is 1. The second-order valence-corrected chi connectivity index (χ2v) is 4.10. The Morgan fingerprint density at radius 1 is 1.69 bits per heavy atom. The third-order valence-corrected chi connectivity index (χ3v) is 3.14. The summed E-state index contributed by atoms with van der Waals surface area (Å²) in [6.07, 6.45) is 5.38. The maximum absolute atomic E-state index is 11.4. The molecule has 2 heterocycles. The van der Waals surface area contributed by atoms with E-state index in [0.29, 0.717) is 12.5 Å². The van der Waals surface area contributed by atoms with Gasteiger partial charge in [-0.15, -0.1) is 0 Å². The topological polar surface area (TPSA) is 44.1 Å². The van der Waals surface area contributed by atoms with Gasteiger partial charge in [0.15, 0.2) is 0 Å². The molecule has 2 unspecified atom stereocenters. The van der Waals surface area contributed by atoms with Crippen LogP contribution < -0.4 is 12.4 Å². The molecular weight excluding hydrogens is 228 g/mol. The summed E-state index contributed by atoms with van der Waals surface area (Å²) in [5.41, 5.74) is 1.16. The number of carbonyl (C=O) groups excluding carboxylic acids is 1. The molecule has 0 amide bonds. The van der Waals surface area contributed by atoms with Crippen LogP contribution in [0.15, 0.2) is 12.5 Å². The average molecular weight is 245 g/mol. The zero-order valence-electron chi connectivity index (χ0n) is 10.5. The first-order valence-corrected chi connectivity index (χ1v) is 5.34. The fraction of sp³-hybridized carbons (Fsp3) is 0.636. The lowest BCUT2D eigenvalue weighted by Crippen LogP contribution is -3.00. The quantitative estimate of drug-likeness (QED) is 0.594. The molecule has 2 atom stereocenters. The van der Waals surface area contributed by atoms with Gasteiger partial charge in [-0.3, -0.25) is 4.79 Å². The molecule has 0 N–H and O–H groups in total. The van der Waals surface area contributed by atoms with E-state index in [2.05, 4.69) is 4.98 Å². The summed E-state index contributed by atoms with van der Waals surface area (Å²) in [4.78, 5) is 15.5. The first kappa shape index (κ1) is 13.0. The Morgan fingerprint density at radius 3 is 3.00 bits per heavy atom. The molecule has 0 saturated carbocycles. The van der Waals surface area contributed by atoms with Crippen molar-refractivity contribution in [3.8, 4) is 0 Å². The van der Waals surface area contributed by atoms with Crippen LogP contribution in [-0.2, 0) is 23.0 Å². The SMILES string of the molecule is CCC1C(=O)OCC1Cc1cncn1C.[Cl-].[H+]. The van der Waals surface area contributed by atoms with Gasteiger partial charge in [0.05, 0.1) is 18.9 Å². The Kier molecular flexibility index (Phi) is 4.35. The van der Waals surface area contributed by atoms with Gasteiger partial charge in [-0.25, -0.2) is 4.98 Å². The molecule has 0 spiro atoms. The highest BCUT2D eigenvalue weighted by Gasteiger charge is 2.35. The van der Waals surface area contributed by atoms with Crippen molar-refractivity contribution >= 4 is 5.97 Å². The number of carbonyl (C=O) groups is 1. The van der Waals surface area contributed by atoms with Gasteiger partial charge in [-0.1, -0.05) is 6.92 Å². The number of cyclic esters (lactones) is 1. The number of aryl methyl sites for hydroxylation is 1. The van der Waals surface area contributed by atoms with Crippen molar-refractivity contribution in [3.63, 3.8) is 0 Å². The van der Waals surface area contributed by atoms with Crippen molar-refractivity contribution in [1.82, 2.24) is 9.55 Å². The summed E-state index contributed by atoms with van der Waals surface area (Å²) in [6.45, 7) is 2.59. The van der Waals surface area contributed by atoms with Gasteiger partial charge in [0.25, 0.3) is 0 Å². The van der Waals surface area contributed by atoms with Gasteiger partial charge in [0.2, 0.25) is 0 Å². The maximum Gasteiger partial charge on any atom is 1.00 e. The van der Waals surface area contributed by atoms with Crippen molar-refractivity contribution in [2.45, 2.75) is 19.8 Å². The van der Waals surface area contributed by atoms with Crippen molar-refractivity contribution in [2.24, 2.45) is 18.9 Å². The molecule has 2 rings (SSSR count). The van der Waals surface area contributed by atoms with Crippen LogP contribution in [0.25, 0.3) is 0 Å². The molecule has 5 heteroatoms. The minimum absolute atomic E-state index is 0. The van der Waals surface area contributed by atoms with Crippen molar-refractivity contribution < 1.29 is 23.4 Å². The zero-order chi connectivity index (χ0) is 10.8. The summed E-state index contributed by atoms with van der Waals surface area (Å²) in [6, 6.07) is 0. The maximum atomic E-state index is 11.4. The minimum atomic E-state index is -0.0373. The molecule has 1 saturated heterocycles. The highest BCUT2D eigenvalue weighted by atomic mass is 35.5. The molecule has 0 aromatic carbocycles. The second kappa shape index (κ2) is 5.34. The summed E-state index contributed by atoms with van der Waals surface area (Å²) in [5, 5.41) is 0. The predicted molar refractivity (Wildman–Crippen MR) is 56.3 cm³/mol. The van der Waals surface area contributed by atoms with Crippen LogP contribution in [0, 0.1) is 11.8 Å². The molecule has 1 aromatic heterocycles. The van der Waals surface area contributed by atoms with E-state index in [-0.39, 0.29) is 25.7 Å². The van der Waals surface area contributed by atoms with Crippen LogP contribution in [-0.4, -0.2) is 22.1 Å². The van der Waals surface area contributed by atoms with Crippen LogP contribution in [0.4, 0.5) is 0 Å². The highest BCUT2D eigenvalue weighted by molar-refractivity contribution is 5.74. The van der Waals surface area contributed by atoms with E-state index in [1.165, 1.54) is 0 Å². The van der Waals surface area contributed by atoms with E-state index in [1.54, 1.807) is 6.33 Å². The number of hydrogen-bond acceptors (Lipinski definition) is 3. The Labute approximate surface area is 103 Å². The molecule has 1 fully saturated rings. The van der Waals surface area contributed by atoms with Gasteiger partial charge in [-0.05, 0) is 12.8 Å². The van der Waals surface area contributed by atoms with Gasteiger partial charge >= 0.3 is 7.40 Å². The fourth-order valence-electron chi connectivity index (χ4n) is 2.16. The highest BCUT2D eigenvalue weighted by Crippen LogP contribution is 2.27. The van der Waals surface area contributed by atoms with E-state index < -0.39 is 0 Å². The Hall–Kier alpha value is -1.03. The van der Waals surface area contributed by atoms with Crippen molar-refractivity contribution in [2.75, 3.05) is 6.61 Å². The second-order valence-electron chi connectivity index (χ2n) is 4.10. The Bertz CT molecular complexity index is 370. The summed E-state index contributed by atoms with van der Waals surface area (Å²) >= 11 is 0. The third kappa shape index (κ3) is 2.38. The molecule has 1 aromatic rings.